The summed E-state index contributed by atoms with van der Waals surface area (Å²) in [6, 6.07) is 17.3. The average molecular weight is 758 g/mol. The summed E-state index contributed by atoms with van der Waals surface area (Å²) >= 11 is 0. The number of hydrogen-bond donors (Lipinski definition) is 5. The average Bonchev–Trinajstić information content (AvgIpc) is 3.88. The minimum Gasteiger partial charge on any atom is -0.493 e. The van der Waals surface area contributed by atoms with Crippen LogP contribution in [0.5, 0.6) is 28.7 Å². The number of esters is 1. The van der Waals surface area contributed by atoms with E-state index in [1.807, 2.05) is 54.6 Å². The lowest BCUT2D eigenvalue weighted by Crippen LogP contribution is -3.04. The fourth-order valence-electron chi connectivity index (χ4n) is 7.98. The number of carbonyl (C=O) groups is 2. The second-order valence-electron chi connectivity index (χ2n) is 14.0. The summed E-state index contributed by atoms with van der Waals surface area (Å²) in [6.45, 7) is 0.588. The van der Waals surface area contributed by atoms with Crippen molar-refractivity contribution in [3.05, 3.63) is 100 Å². The van der Waals surface area contributed by atoms with Gasteiger partial charge in [-0.3, -0.25) is 19.5 Å². The molecule has 5 N–H and O–H groups in total. The Morgan fingerprint density at radius 3 is 2.53 bits per heavy atom. The van der Waals surface area contributed by atoms with Crippen LogP contribution in [0.25, 0.3) is 0 Å². The number of carboxylic acid groups (broad SMARTS) is 1. The number of benzene rings is 3. The second-order valence-corrected chi connectivity index (χ2v) is 14.0. The Balaban J connectivity index is 1.17. The van der Waals surface area contributed by atoms with Crippen LogP contribution in [0.4, 0.5) is 0 Å². The van der Waals surface area contributed by atoms with Crippen molar-refractivity contribution < 1.29 is 68.1 Å². The molecule has 15 heteroatoms. The Bertz CT molecular complexity index is 2070. The number of ether oxygens (including phenoxy) is 7. The first-order valence-electron chi connectivity index (χ1n) is 17.9. The lowest BCUT2D eigenvalue weighted by atomic mass is 9.80. The third kappa shape index (κ3) is 7.00. The van der Waals surface area contributed by atoms with Gasteiger partial charge < -0.3 is 53.6 Å². The topological polar surface area (TPSA) is 196 Å². The maximum absolute atomic E-state index is 11.9. The first kappa shape index (κ1) is 36.5. The van der Waals surface area contributed by atoms with E-state index in [9.17, 15) is 24.9 Å². The van der Waals surface area contributed by atoms with Crippen LogP contribution in [-0.2, 0) is 32.0 Å². The van der Waals surface area contributed by atoms with E-state index in [-0.39, 0.29) is 11.7 Å². The number of aliphatic carboxylic acids is 1. The fraction of sp³-hybridized carbons (Fsp3) is 0.375. The first-order chi connectivity index (χ1) is 26.6. The molecule has 9 atom stereocenters. The number of aliphatic imine (C=N–C) groups is 1. The molecule has 0 aliphatic carbocycles. The fourth-order valence-corrected chi connectivity index (χ4v) is 7.98. The highest BCUT2D eigenvalue weighted by Crippen LogP contribution is 2.59. The highest BCUT2D eigenvalue weighted by molar-refractivity contribution is 5.90. The van der Waals surface area contributed by atoms with E-state index in [4.69, 9.17) is 38.3 Å². The number of nitrogens with zero attached hydrogens (tertiary/aromatic N) is 1. The van der Waals surface area contributed by atoms with Gasteiger partial charge in [0.1, 0.15) is 86.1 Å². The zero-order valence-corrected chi connectivity index (χ0v) is 30.0. The van der Waals surface area contributed by atoms with E-state index in [1.165, 1.54) is 0 Å². The van der Waals surface area contributed by atoms with Crippen molar-refractivity contribution >= 4 is 18.2 Å². The molecule has 3 aromatic carbocycles. The van der Waals surface area contributed by atoms with E-state index in [0.29, 0.717) is 42.5 Å². The van der Waals surface area contributed by atoms with Crippen molar-refractivity contribution in [1.29, 1.82) is 0 Å². The van der Waals surface area contributed by atoms with E-state index in [2.05, 4.69) is 11.2 Å². The summed E-state index contributed by atoms with van der Waals surface area (Å²) in [5.41, 5.74) is 5.65. The van der Waals surface area contributed by atoms with Gasteiger partial charge in [0.05, 0.1) is 20.1 Å². The molecule has 55 heavy (non-hydrogen) atoms. The molecule has 0 bridgehead atoms. The SMILES string of the molecule is COc1ccc2c(c1OC)OC1c3c(C[NH+]4C=C5N=CC=C5C4)cc(OC4OC(COC(=O)CC(=O)O)C(O)C(O)C4O)cc3OC(Cc3ccccc3)C21. The minimum absolute atomic E-state index is 0.235. The number of rotatable bonds is 12. The summed E-state index contributed by atoms with van der Waals surface area (Å²) in [4.78, 5) is 28.4. The number of nitrogens with one attached hydrogen (secondary N) is 1. The van der Waals surface area contributed by atoms with Crippen molar-refractivity contribution in [2.24, 2.45) is 4.99 Å². The smallest absolute Gasteiger partial charge is 0.317 e. The van der Waals surface area contributed by atoms with Crippen LogP contribution in [0.1, 0.15) is 40.7 Å². The van der Waals surface area contributed by atoms with Crippen molar-refractivity contribution in [2.45, 2.75) is 68.2 Å². The summed E-state index contributed by atoms with van der Waals surface area (Å²) in [5.74, 6) is -0.374. The van der Waals surface area contributed by atoms with Crippen LogP contribution in [0.15, 0.2) is 83.1 Å². The number of fused-ring (bicyclic) bond motifs is 6. The van der Waals surface area contributed by atoms with Gasteiger partial charge >= 0.3 is 11.9 Å². The largest absolute Gasteiger partial charge is 0.493 e. The lowest BCUT2D eigenvalue weighted by Gasteiger charge is -2.40. The zero-order valence-electron chi connectivity index (χ0n) is 30.0. The Morgan fingerprint density at radius 1 is 0.964 bits per heavy atom. The number of hydrogen-bond acceptors (Lipinski definition) is 13. The molecule has 5 aliphatic rings. The number of aliphatic hydroxyl groups excluding tert-OH is 3. The number of allylic oxidation sites excluding steroid dienone is 1. The van der Waals surface area contributed by atoms with E-state index >= 15 is 0 Å². The van der Waals surface area contributed by atoms with Crippen LogP contribution in [0.3, 0.4) is 0 Å². The third-order valence-corrected chi connectivity index (χ3v) is 10.5. The molecule has 15 nitrogen and oxygen atoms in total. The van der Waals surface area contributed by atoms with E-state index in [0.717, 1.165) is 38.4 Å². The van der Waals surface area contributed by atoms with Crippen LogP contribution < -0.4 is 28.6 Å². The summed E-state index contributed by atoms with van der Waals surface area (Å²) in [7, 11) is 3.15. The predicted octanol–water partition coefficient (Wildman–Crippen LogP) is 1.38. The summed E-state index contributed by atoms with van der Waals surface area (Å²) < 4.78 is 42.3. The molecule has 1 fully saturated rings. The Hall–Kier alpha value is -5.45. The standard InChI is InChI=1S/C40H40N2O13/c1-49-26-9-8-24-33-27(12-20-6-4-3-5-7-20)53-28-14-23(52-40-36(48)35(47)34(46)29(54-40)19-51-31(45)15-30(43)44)13-22(17-42-16-21-10-11-41-25(21)18-42)32(28)39(33)55-37(24)38(26)50-2/h3-11,13-14,18,27,29,33-36,39-40,46-48H,12,15-17,19H2,1-2H3,(H,43,44)/p+1. The van der Waals surface area contributed by atoms with Gasteiger partial charge in [-0.15, -0.1) is 0 Å². The summed E-state index contributed by atoms with van der Waals surface area (Å²) in [6.07, 6.45) is -3.37. The molecule has 0 spiro atoms. The maximum atomic E-state index is 11.9. The van der Waals surface area contributed by atoms with E-state index < -0.39 is 67.9 Å². The van der Waals surface area contributed by atoms with Crippen LogP contribution in [0.2, 0.25) is 0 Å². The quantitative estimate of drug-likeness (QED) is 0.132. The summed E-state index contributed by atoms with van der Waals surface area (Å²) in [5, 5.41) is 41.3. The molecule has 0 amide bonds. The van der Waals surface area contributed by atoms with Crippen molar-refractivity contribution in [3.8, 4) is 28.7 Å². The maximum Gasteiger partial charge on any atom is 0.317 e. The van der Waals surface area contributed by atoms with Gasteiger partial charge in [-0.1, -0.05) is 36.4 Å². The van der Waals surface area contributed by atoms with Gasteiger partial charge in [0, 0.05) is 41.0 Å². The van der Waals surface area contributed by atoms with Crippen molar-refractivity contribution in [2.75, 3.05) is 27.4 Å². The van der Waals surface area contributed by atoms with Crippen LogP contribution in [0, 0.1) is 0 Å². The Kier molecular flexibility index (Phi) is 9.96. The lowest BCUT2D eigenvalue weighted by molar-refractivity contribution is -0.851. The highest BCUT2D eigenvalue weighted by Gasteiger charge is 2.50. The van der Waals surface area contributed by atoms with E-state index in [1.54, 1.807) is 26.5 Å². The Morgan fingerprint density at radius 2 is 1.78 bits per heavy atom. The Labute approximate surface area is 315 Å². The van der Waals surface area contributed by atoms with Gasteiger partial charge in [-0.2, -0.15) is 0 Å². The molecular weight excluding hydrogens is 716 g/mol. The molecule has 3 aromatic rings. The van der Waals surface area contributed by atoms with Gasteiger partial charge in [0.15, 0.2) is 11.5 Å². The van der Waals surface area contributed by atoms with Crippen molar-refractivity contribution in [3.63, 3.8) is 0 Å². The predicted molar refractivity (Wildman–Crippen MR) is 191 cm³/mol. The van der Waals surface area contributed by atoms with Gasteiger partial charge in [-0.25, -0.2) is 0 Å². The molecule has 1 saturated heterocycles. The molecule has 0 radical (unpaired) electrons. The molecule has 5 aliphatic heterocycles. The van der Waals surface area contributed by atoms with Gasteiger partial charge in [-0.05, 0) is 23.8 Å². The number of carboxylic acids is 1. The molecular formula is C40H41N2O13+. The molecule has 8 rings (SSSR count). The monoisotopic (exact) mass is 757 g/mol. The van der Waals surface area contributed by atoms with Crippen molar-refractivity contribution in [1.82, 2.24) is 0 Å². The van der Waals surface area contributed by atoms with Crippen LogP contribution in [-0.4, -0.2) is 103 Å². The molecule has 0 saturated carbocycles. The first-order valence-corrected chi connectivity index (χ1v) is 17.9. The number of methoxy groups -OCH3 is 2. The molecule has 9 unspecified atom stereocenters. The minimum atomic E-state index is -1.74. The zero-order chi connectivity index (χ0) is 38.4. The normalized spacial score (nSPS) is 28.3. The van der Waals surface area contributed by atoms with Gasteiger partial charge in [0.2, 0.25) is 12.0 Å². The highest BCUT2D eigenvalue weighted by atomic mass is 16.7. The van der Waals surface area contributed by atoms with Crippen LogP contribution >= 0.6 is 0 Å². The number of carbonyl (C=O) groups excluding carboxylic acids is 1. The second kappa shape index (κ2) is 15.0. The molecule has 5 heterocycles. The molecule has 288 valence electrons. The number of aliphatic hydroxyl groups is 3. The molecule has 0 aromatic heterocycles. The third-order valence-electron chi connectivity index (χ3n) is 10.5. The number of quaternary nitrogens is 1. The van der Waals surface area contributed by atoms with Gasteiger partial charge in [0.25, 0.3) is 0 Å².